The van der Waals surface area contributed by atoms with Gasteiger partial charge >= 0.3 is 0 Å². The second-order valence-corrected chi connectivity index (χ2v) is 5.30. The van der Waals surface area contributed by atoms with Crippen LogP contribution in [0.2, 0.25) is 0 Å². The number of likely N-dealkylation sites (tertiary alicyclic amines) is 1. The summed E-state index contributed by atoms with van der Waals surface area (Å²) in [5.74, 6) is 1.46. The first-order chi connectivity index (χ1) is 9.29. The van der Waals surface area contributed by atoms with E-state index < -0.39 is 0 Å². The Balaban J connectivity index is 1.71. The first kappa shape index (κ1) is 14.1. The van der Waals surface area contributed by atoms with Crippen LogP contribution >= 0.6 is 0 Å². The van der Waals surface area contributed by atoms with Gasteiger partial charge in [-0.2, -0.15) is 0 Å². The van der Waals surface area contributed by atoms with Gasteiger partial charge in [0, 0.05) is 18.3 Å². The van der Waals surface area contributed by atoms with Crippen molar-refractivity contribution >= 4 is 0 Å². The fourth-order valence-electron chi connectivity index (χ4n) is 2.47. The molecule has 104 valence electrons. The lowest BCUT2D eigenvalue weighted by molar-refractivity contribution is 0.140. The van der Waals surface area contributed by atoms with Crippen molar-refractivity contribution in [2.45, 2.75) is 26.2 Å². The number of ether oxygens (including phenoxy) is 1. The summed E-state index contributed by atoms with van der Waals surface area (Å²) in [6, 6.07) is 3.99. The first-order valence-corrected chi connectivity index (χ1v) is 7.17. The molecule has 0 unspecified atom stereocenters. The minimum atomic E-state index is 0.668. The lowest BCUT2D eigenvalue weighted by Crippen LogP contribution is -2.36. The van der Waals surface area contributed by atoms with Gasteiger partial charge in [-0.1, -0.05) is 12.1 Å². The summed E-state index contributed by atoms with van der Waals surface area (Å²) >= 11 is 0. The van der Waals surface area contributed by atoms with E-state index in [0.717, 1.165) is 31.0 Å². The maximum atomic E-state index is 5.85. The Morgan fingerprint density at radius 1 is 1.47 bits per heavy atom. The number of rotatable bonds is 6. The molecule has 0 saturated carbocycles. The molecule has 3 heteroatoms. The summed E-state index contributed by atoms with van der Waals surface area (Å²) in [6.07, 6.45) is 7.33. The Morgan fingerprint density at radius 3 is 2.95 bits per heavy atom. The zero-order valence-corrected chi connectivity index (χ0v) is 11.8. The zero-order chi connectivity index (χ0) is 13.5. The van der Waals surface area contributed by atoms with Crippen LogP contribution in [-0.4, -0.2) is 36.1 Å². The molecular weight excluding hydrogens is 236 g/mol. The molecule has 0 bridgehead atoms. The lowest BCUT2D eigenvalue weighted by Gasteiger charge is -2.31. The molecule has 19 heavy (non-hydrogen) atoms. The van der Waals surface area contributed by atoms with Crippen molar-refractivity contribution in [3.8, 4) is 5.88 Å². The monoisotopic (exact) mass is 260 g/mol. The molecule has 2 rings (SSSR count). The molecule has 1 fully saturated rings. The van der Waals surface area contributed by atoms with Crippen LogP contribution < -0.4 is 4.74 Å². The van der Waals surface area contributed by atoms with Gasteiger partial charge in [0.15, 0.2) is 0 Å². The maximum absolute atomic E-state index is 5.85. The van der Waals surface area contributed by atoms with Gasteiger partial charge in [0.1, 0.15) is 0 Å². The predicted octanol–water partition coefficient (Wildman–Crippen LogP) is 3.06. The van der Waals surface area contributed by atoms with E-state index in [2.05, 4.69) is 16.5 Å². The Kier molecular flexibility index (Phi) is 5.40. The summed E-state index contributed by atoms with van der Waals surface area (Å²) in [5, 5.41) is 0. The quantitative estimate of drug-likeness (QED) is 0.735. The molecule has 1 saturated heterocycles. The van der Waals surface area contributed by atoms with Crippen LogP contribution in [-0.2, 0) is 0 Å². The molecule has 3 nitrogen and oxygen atoms in total. The summed E-state index contributed by atoms with van der Waals surface area (Å²) in [4.78, 5) is 6.79. The zero-order valence-electron chi connectivity index (χ0n) is 11.8. The van der Waals surface area contributed by atoms with E-state index in [1.165, 1.54) is 25.9 Å². The van der Waals surface area contributed by atoms with Gasteiger partial charge in [0.2, 0.25) is 5.88 Å². The highest BCUT2D eigenvalue weighted by molar-refractivity contribution is 5.23. The second kappa shape index (κ2) is 7.29. The van der Waals surface area contributed by atoms with E-state index in [4.69, 9.17) is 4.74 Å². The molecule has 1 aromatic rings. The third-order valence-corrected chi connectivity index (χ3v) is 3.77. The topological polar surface area (TPSA) is 25.4 Å². The van der Waals surface area contributed by atoms with Crippen LogP contribution in [0.4, 0.5) is 0 Å². The number of hydrogen-bond acceptors (Lipinski definition) is 3. The minimum absolute atomic E-state index is 0.668. The summed E-state index contributed by atoms with van der Waals surface area (Å²) in [5.41, 5.74) is 1.12. The minimum Gasteiger partial charge on any atom is -0.477 e. The first-order valence-electron chi connectivity index (χ1n) is 7.17. The van der Waals surface area contributed by atoms with Gasteiger partial charge in [0.25, 0.3) is 0 Å². The molecule has 1 aliphatic rings. The van der Waals surface area contributed by atoms with Crippen LogP contribution in [0.25, 0.3) is 0 Å². The molecule has 0 N–H and O–H groups in total. The largest absolute Gasteiger partial charge is 0.477 e. The number of piperidine rings is 1. The van der Waals surface area contributed by atoms with E-state index in [1.54, 1.807) is 6.20 Å². The summed E-state index contributed by atoms with van der Waals surface area (Å²) < 4.78 is 5.85. The predicted molar refractivity (Wildman–Crippen MR) is 78.4 cm³/mol. The van der Waals surface area contributed by atoms with Gasteiger partial charge in [-0.3, -0.25) is 0 Å². The van der Waals surface area contributed by atoms with Crippen molar-refractivity contribution in [1.29, 1.82) is 0 Å². The smallest absolute Gasteiger partial charge is 0.216 e. The van der Waals surface area contributed by atoms with Crippen molar-refractivity contribution in [3.63, 3.8) is 0 Å². The van der Waals surface area contributed by atoms with E-state index in [-0.39, 0.29) is 0 Å². The van der Waals surface area contributed by atoms with Crippen molar-refractivity contribution in [2.24, 2.45) is 5.92 Å². The highest BCUT2D eigenvalue weighted by Gasteiger charge is 2.19. The third-order valence-electron chi connectivity index (χ3n) is 3.77. The molecule has 0 atom stereocenters. The van der Waals surface area contributed by atoms with E-state index in [0.29, 0.717) is 5.92 Å². The number of aromatic nitrogens is 1. The van der Waals surface area contributed by atoms with E-state index in [1.807, 2.05) is 25.1 Å². The Morgan fingerprint density at radius 2 is 2.26 bits per heavy atom. The Hall–Kier alpha value is -1.35. The van der Waals surface area contributed by atoms with Crippen molar-refractivity contribution in [2.75, 3.05) is 26.2 Å². The van der Waals surface area contributed by atoms with Gasteiger partial charge in [-0.15, -0.1) is 6.58 Å². The number of nitrogens with zero attached hydrogens (tertiary/aromatic N) is 2. The number of pyridine rings is 1. The van der Waals surface area contributed by atoms with Gasteiger partial charge in [-0.05, 0) is 51.3 Å². The maximum Gasteiger partial charge on any atom is 0.216 e. The van der Waals surface area contributed by atoms with Crippen molar-refractivity contribution < 1.29 is 4.74 Å². The normalized spacial score (nSPS) is 17.3. The van der Waals surface area contributed by atoms with Crippen LogP contribution in [0.5, 0.6) is 5.88 Å². The molecule has 0 amide bonds. The summed E-state index contributed by atoms with van der Waals surface area (Å²) in [7, 11) is 0. The molecule has 2 heterocycles. The van der Waals surface area contributed by atoms with Gasteiger partial charge in [0.05, 0.1) is 6.61 Å². The highest BCUT2D eigenvalue weighted by Crippen LogP contribution is 2.20. The van der Waals surface area contributed by atoms with Crippen molar-refractivity contribution in [1.82, 2.24) is 9.88 Å². The molecule has 0 radical (unpaired) electrons. The number of aryl methyl sites for hydroxylation is 1. The summed E-state index contributed by atoms with van der Waals surface area (Å²) in [6.45, 7) is 10.1. The second-order valence-electron chi connectivity index (χ2n) is 5.30. The fourth-order valence-corrected chi connectivity index (χ4v) is 2.47. The fraction of sp³-hybridized carbons (Fsp3) is 0.562. The number of hydrogen-bond donors (Lipinski definition) is 0. The van der Waals surface area contributed by atoms with Crippen LogP contribution in [0.3, 0.4) is 0 Å². The highest BCUT2D eigenvalue weighted by atomic mass is 16.5. The van der Waals surface area contributed by atoms with Gasteiger partial charge in [-0.25, -0.2) is 4.98 Å². The Bertz CT molecular complexity index is 397. The lowest BCUT2D eigenvalue weighted by atomic mass is 9.98. The van der Waals surface area contributed by atoms with Crippen molar-refractivity contribution in [3.05, 3.63) is 36.5 Å². The standard InChI is InChI=1S/C16H24N2O/c1-3-4-10-18-11-7-15(8-12-18)13-19-16-14(2)6-5-9-17-16/h3,5-6,9,15H,1,4,7-8,10-13H2,2H3. The third kappa shape index (κ3) is 4.35. The molecule has 0 aromatic carbocycles. The van der Waals surface area contributed by atoms with Gasteiger partial charge < -0.3 is 9.64 Å². The average molecular weight is 260 g/mol. The molecule has 1 aliphatic heterocycles. The van der Waals surface area contributed by atoms with Crippen LogP contribution in [0, 0.1) is 12.8 Å². The van der Waals surface area contributed by atoms with Crippen LogP contribution in [0.1, 0.15) is 24.8 Å². The molecule has 0 spiro atoms. The Labute approximate surface area is 116 Å². The molecular formula is C16H24N2O. The van der Waals surface area contributed by atoms with E-state index in [9.17, 15) is 0 Å². The van der Waals surface area contributed by atoms with E-state index >= 15 is 0 Å². The molecule has 1 aromatic heterocycles. The average Bonchev–Trinajstić information content (AvgIpc) is 2.45. The SMILES string of the molecule is C=CCCN1CCC(COc2ncccc2C)CC1. The van der Waals surface area contributed by atoms with Crippen LogP contribution in [0.15, 0.2) is 31.0 Å². The molecule has 0 aliphatic carbocycles.